The number of carbonyl (C=O) groups is 3. The molecule has 2 unspecified atom stereocenters. The van der Waals surface area contributed by atoms with Crippen LogP contribution in [0.15, 0.2) is 23.8 Å². The van der Waals surface area contributed by atoms with Gasteiger partial charge in [-0.2, -0.15) is 0 Å². The van der Waals surface area contributed by atoms with Crippen LogP contribution < -0.4 is 0 Å². The van der Waals surface area contributed by atoms with Crippen molar-refractivity contribution in [3.05, 3.63) is 23.8 Å². The van der Waals surface area contributed by atoms with Gasteiger partial charge in [0.25, 0.3) is 0 Å². The Morgan fingerprint density at radius 2 is 1.92 bits per heavy atom. The van der Waals surface area contributed by atoms with Crippen molar-refractivity contribution >= 4 is 29.5 Å². The average Bonchev–Trinajstić information content (AvgIpc) is 3.32. The van der Waals surface area contributed by atoms with Crippen molar-refractivity contribution < 1.29 is 37.7 Å². The summed E-state index contributed by atoms with van der Waals surface area (Å²) in [6.07, 6.45) is 0.308. The second kappa shape index (κ2) is 8.21. The lowest BCUT2D eigenvalue weighted by atomic mass is 9.44. The van der Waals surface area contributed by atoms with Crippen LogP contribution in [0.25, 0.3) is 0 Å². The van der Waals surface area contributed by atoms with Crippen molar-refractivity contribution in [1.82, 2.24) is 0 Å². The van der Waals surface area contributed by atoms with Gasteiger partial charge in [-0.3, -0.25) is 9.59 Å². The normalized spacial score (nSPS) is 51.7. The number of ketones is 1. The quantitative estimate of drug-likeness (QED) is 0.432. The summed E-state index contributed by atoms with van der Waals surface area (Å²) in [6.45, 7) is 7.30. The highest BCUT2D eigenvalue weighted by Crippen LogP contribution is 2.71. The number of aliphatic hydroxyl groups is 1. The van der Waals surface area contributed by atoms with Crippen LogP contribution in [0.2, 0.25) is 0 Å². The largest absolute Gasteiger partial charge is 0.447 e. The molecule has 1 aliphatic heterocycles. The fraction of sp³-hybridized carbons (Fsp3) is 0.741. The van der Waals surface area contributed by atoms with Gasteiger partial charge >= 0.3 is 5.97 Å². The predicted octanol–water partition coefficient (Wildman–Crippen LogP) is 3.71. The molecule has 0 aromatic carbocycles. The number of rotatable bonds is 3. The topological polar surface area (TPSA) is 89.9 Å². The summed E-state index contributed by atoms with van der Waals surface area (Å²) >= 11 is 4.17. The monoisotopic (exact) mass is 524 g/mol. The molecule has 3 saturated carbocycles. The van der Waals surface area contributed by atoms with Crippen LogP contribution in [0, 0.1) is 34.5 Å². The minimum atomic E-state index is -2.27. The summed E-state index contributed by atoms with van der Waals surface area (Å²) in [6, 6.07) is 0. The van der Waals surface area contributed by atoms with Crippen molar-refractivity contribution in [2.75, 3.05) is 6.61 Å². The van der Waals surface area contributed by atoms with E-state index < -0.39 is 75.1 Å². The summed E-state index contributed by atoms with van der Waals surface area (Å²) < 4.78 is 44.6. The third-order valence-electron chi connectivity index (χ3n) is 10.4. The number of hydrogen-bond donors (Lipinski definition) is 2. The molecule has 5 aliphatic rings. The zero-order valence-electron chi connectivity index (χ0n) is 21.0. The van der Waals surface area contributed by atoms with E-state index in [9.17, 15) is 19.5 Å². The Hall–Kier alpha value is -1.58. The maximum atomic E-state index is 17.3. The zero-order chi connectivity index (χ0) is 26.4. The standard InChI is InChI=1S/C27H34F2O6S/c1-13-6-8-34-21(13)22(32)35-27(23(33)36)14(2)9-16-17-11-19(28)18-10-15(30)5-7-24(18,3)26(17,29)20(31)12-25(16,27)4/h5,7,10,13-14,16-17,19-21,31H,6,8-9,11-12H2,1-4H3,(H,33,36)/t13?,14-,16+,17+,19+,20+,21?,24+,25+,26+,27+/m1/s1. The summed E-state index contributed by atoms with van der Waals surface area (Å²) in [7, 11) is 0. The lowest BCUT2D eigenvalue weighted by molar-refractivity contribution is -0.231. The number of alkyl halides is 2. The molecule has 5 rings (SSSR count). The number of fused-ring (bicyclic) bond motifs is 5. The highest BCUT2D eigenvalue weighted by Gasteiger charge is 2.78. The number of aliphatic hydroxyl groups excluding tert-OH is 1. The smallest absolute Gasteiger partial charge is 0.336 e. The number of hydrogen-bond acceptors (Lipinski definition) is 6. The van der Waals surface area contributed by atoms with E-state index in [0.29, 0.717) is 19.4 Å². The number of ether oxygens (including phenoxy) is 2. The molecule has 1 N–H and O–H groups in total. The highest BCUT2D eigenvalue weighted by molar-refractivity contribution is 7.96. The van der Waals surface area contributed by atoms with Crippen molar-refractivity contribution in [2.45, 2.75) is 83.0 Å². The first-order chi connectivity index (χ1) is 16.7. The molecule has 1 heterocycles. The zero-order valence-corrected chi connectivity index (χ0v) is 21.9. The molecule has 198 valence electrons. The van der Waals surface area contributed by atoms with E-state index in [-0.39, 0.29) is 24.3 Å². The van der Waals surface area contributed by atoms with Crippen LogP contribution >= 0.6 is 12.6 Å². The van der Waals surface area contributed by atoms with Crippen LogP contribution in [-0.4, -0.2) is 58.2 Å². The first-order valence-electron chi connectivity index (χ1n) is 12.8. The van der Waals surface area contributed by atoms with Crippen molar-refractivity contribution in [3.8, 4) is 0 Å². The van der Waals surface area contributed by atoms with Crippen LogP contribution in [0.4, 0.5) is 8.78 Å². The molecular formula is C27H34F2O6S. The summed E-state index contributed by atoms with van der Waals surface area (Å²) in [4.78, 5) is 38.5. The summed E-state index contributed by atoms with van der Waals surface area (Å²) in [5.41, 5.74) is -6.67. The van der Waals surface area contributed by atoms with E-state index in [1.807, 2.05) is 6.92 Å². The minimum Gasteiger partial charge on any atom is -0.447 e. The molecule has 0 bridgehead atoms. The summed E-state index contributed by atoms with van der Waals surface area (Å²) in [5, 5.41) is 10.8. The number of carbonyl (C=O) groups excluding carboxylic acids is 3. The Balaban J connectivity index is 1.59. The van der Waals surface area contributed by atoms with Crippen molar-refractivity contribution in [1.29, 1.82) is 0 Å². The first kappa shape index (κ1) is 26.0. The number of allylic oxidation sites excluding steroid dienone is 4. The van der Waals surface area contributed by atoms with Gasteiger partial charge in [-0.1, -0.05) is 26.8 Å². The fourth-order valence-corrected chi connectivity index (χ4v) is 8.98. The Kier molecular flexibility index (Phi) is 5.94. The van der Waals surface area contributed by atoms with Gasteiger partial charge in [-0.15, -0.1) is 12.6 Å². The predicted molar refractivity (Wildman–Crippen MR) is 130 cm³/mol. The van der Waals surface area contributed by atoms with Crippen LogP contribution in [-0.2, 0) is 23.9 Å². The molecule has 0 amide bonds. The molecule has 9 heteroatoms. The molecule has 4 fully saturated rings. The number of esters is 1. The molecule has 0 aromatic rings. The van der Waals surface area contributed by atoms with Crippen LogP contribution in [0.3, 0.4) is 0 Å². The van der Waals surface area contributed by atoms with Gasteiger partial charge in [-0.25, -0.2) is 13.6 Å². The third kappa shape index (κ3) is 3.05. The maximum absolute atomic E-state index is 17.3. The molecular weight excluding hydrogens is 490 g/mol. The fourth-order valence-electron chi connectivity index (χ4n) is 8.45. The molecule has 1 saturated heterocycles. The van der Waals surface area contributed by atoms with Gasteiger partial charge < -0.3 is 14.6 Å². The highest BCUT2D eigenvalue weighted by atomic mass is 32.1. The average molecular weight is 525 g/mol. The molecule has 4 aliphatic carbocycles. The molecule has 0 radical (unpaired) electrons. The first-order valence-corrected chi connectivity index (χ1v) is 13.2. The minimum absolute atomic E-state index is 0.0396. The Bertz CT molecular complexity index is 1080. The van der Waals surface area contributed by atoms with E-state index in [1.54, 1.807) is 13.8 Å². The van der Waals surface area contributed by atoms with Gasteiger partial charge in [0.05, 0.1) is 6.10 Å². The van der Waals surface area contributed by atoms with Crippen LogP contribution in [0.1, 0.15) is 53.4 Å². The SMILES string of the molecule is CC1CCOC1C(=O)O[C@]1(C(=O)S)[C@H](C)C[C@H]2[C@@H]3C[C@H](F)C4=CC(=O)C=C[C@]4(C)[C@@]3(F)[C@@H](O)C[C@@]21C. The number of halogens is 2. The Labute approximate surface area is 215 Å². The van der Waals surface area contributed by atoms with E-state index in [2.05, 4.69) is 12.6 Å². The van der Waals surface area contributed by atoms with Crippen LogP contribution in [0.5, 0.6) is 0 Å². The van der Waals surface area contributed by atoms with E-state index in [4.69, 9.17) is 9.47 Å². The van der Waals surface area contributed by atoms with Gasteiger partial charge in [0.1, 0.15) is 6.17 Å². The van der Waals surface area contributed by atoms with Gasteiger partial charge in [-0.05, 0) is 62.2 Å². The van der Waals surface area contributed by atoms with Gasteiger partial charge in [0.2, 0.25) is 5.12 Å². The summed E-state index contributed by atoms with van der Waals surface area (Å²) in [5.74, 6) is -3.25. The maximum Gasteiger partial charge on any atom is 0.336 e. The molecule has 0 aromatic heterocycles. The second-order valence-electron chi connectivity index (χ2n) is 12.0. The molecule has 6 nitrogen and oxygen atoms in total. The van der Waals surface area contributed by atoms with Crippen molar-refractivity contribution in [3.63, 3.8) is 0 Å². The van der Waals surface area contributed by atoms with E-state index in [1.165, 1.54) is 19.1 Å². The number of thiol groups is 1. The molecule has 11 atom stereocenters. The van der Waals surface area contributed by atoms with Crippen molar-refractivity contribution in [2.24, 2.45) is 34.5 Å². The van der Waals surface area contributed by atoms with Gasteiger partial charge in [0.15, 0.2) is 23.2 Å². The van der Waals surface area contributed by atoms with Gasteiger partial charge in [0, 0.05) is 29.3 Å². The van der Waals surface area contributed by atoms with E-state index >= 15 is 8.78 Å². The molecule has 0 spiro atoms. The lowest BCUT2D eigenvalue weighted by Crippen LogP contribution is -2.70. The second-order valence-corrected chi connectivity index (χ2v) is 12.4. The Morgan fingerprint density at radius 3 is 2.53 bits per heavy atom. The van der Waals surface area contributed by atoms with E-state index in [0.717, 1.165) is 6.08 Å². The third-order valence-corrected chi connectivity index (χ3v) is 10.7. The molecule has 36 heavy (non-hydrogen) atoms. The Morgan fingerprint density at radius 1 is 1.22 bits per heavy atom. The lowest BCUT2D eigenvalue weighted by Gasteiger charge is -2.63.